The standard InChI is InChI=1S/C19H18N4O7S/c1-26-12-5-4-6-13(27-2)17(12)31(24,25)23-18-16-14(28-3)9-11(10-15(16)30-22-18)21-19-20-7-8-29-19/h4-10H,1-3H3,(H,20,21)(H,22,23). The van der Waals surface area contributed by atoms with E-state index in [1.807, 2.05) is 0 Å². The first-order valence-corrected chi connectivity index (χ1v) is 10.3. The Bertz CT molecular complexity index is 1290. The first-order valence-electron chi connectivity index (χ1n) is 8.84. The minimum Gasteiger partial charge on any atom is -0.496 e. The third-order valence-corrected chi connectivity index (χ3v) is 5.73. The number of nitrogens with zero attached hydrogens (tertiary/aromatic N) is 2. The highest BCUT2D eigenvalue weighted by Gasteiger charge is 2.28. The van der Waals surface area contributed by atoms with Gasteiger partial charge >= 0.3 is 0 Å². The fourth-order valence-corrected chi connectivity index (χ4v) is 4.34. The number of oxazole rings is 1. The Kier molecular flexibility index (Phi) is 5.29. The van der Waals surface area contributed by atoms with E-state index in [-0.39, 0.29) is 33.8 Å². The minimum atomic E-state index is -4.16. The van der Waals surface area contributed by atoms with Crippen LogP contribution in [0.4, 0.5) is 17.5 Å². The van der Waals surface area contributed by atoms with Crippen LogP contribution in [0.1, 0.15) is 0 Å². The number of methoxy groups -OCH3 is 3. The molecule has 4 rings (SSSR count). The molecule has 0 saturated carbocycles. The van der Waals surface area contributed by atoms with Crippen molar-refractivity contribution in [3.8, 4) is 17.2 Å². The molecule has 0 atom stereocenters. The van der Waals surface area contributed by atoms with Crippen molar-refractivity contribution < 1.29 is 31.6 Å². The van der Waals surface area contributed by atoms with Crippen molar-refractivity contribution in [3.05, 3.63) is 42.8 Å². The molecule has 0 saturated heterocycles. The monoisotopic (exact) mass is 446 g/mol. The molecule has 2 aromatic carbocycles. The van der Waals surface area contributed by atoms with E-state index < -0.39 is 10.0 Å². The molecule has 2 aromatic heterocycles. The third-order valence-electron chi connectivity index (χ3n) is 4.32. The zero-order chi connectivity index (χ0) is 22.0. The van der Waals surface area contributed by atoms with Gasteiger partial charge in [0.25, 0.3) is 16.0 Å². The SMILES string of the molecule is COc1cccc(OC)c1S(=O)(=O)Nc1noc2cc(Nc3ncco3)cc(OC)c12. The lowest BCUT2D eigenvalue weighted by molar-refractivity contribution is 0.373. The average Bonchev–Trinajstić information content (AvgIpc) is 3.42. The van der Waals surface area contributed by atoms with E-state index in [1.54, 1.807) is 18.2 Å². The molecular weight excluding hydrogens is 428 g/mol. The Morgan fingerprint density at radius 2 is 1.71 bits per heavy atom. The predicted octanol–water partition coefficient (Wildman–Crippen LogP) is 3.39. The quantitative estimate of drug-likeness (QED) is 0.414. The van der Waals surface area contributed by atoms with Gasteiger partial charge in [0.15, 0.2) is 16.3 Å². The fourth-order valence-electron chi connectivity index (χ4n) is 3.01. The molecule has 4 aromatic rings. The maximum Gasteiger partial charge on any atom is 0.299 e. The Morgan fingerprint density at radius 1 is 1.00 bits per heavy atom. The maximum atomic E-state index is 13.2. The van der Waals surface area contributed by atoms with Crippen molar-refractivity contribution >= 4 is 38.5 Å². The highest BCUT2D eigenvalue weighted by molar-refractivity contribution is 7.93. The van der Waals surface area contributed by atoms with Gasteiger partial charge in [0.2, 0.25) is 0 Å². The zero-order valence-corrected chi connectivity index (χ0v) is 17.5. The Balaban J connectivity index is 1.76. The van der Waals surface area contributed by atoms with Crippen molar-refractivity contribution in [2.24, 2.45) is 0 Å². The van der Waals surface area contributed by atoms with E-state index >= 15 is 0 Å². The number of ether oxygens (including phenoxy) is 3. The zero-order valence-electron chi connectivity index (χ0n) is 16.7. The first kappa shape index (κ1) is 20.3. The number of anilines is 3. The van der Waals surface area contributed by atoms with Crippen LogP contribution in [0.2, 0.25) is 0 Å². The summed E-state index contributed by atoms with van der Waals surface area (Å²) in [5, 5.41) is 7.15. The Labute approximate surface area is 177 Å². The van der Waals surface area contributed by atoms with Crippen molar-refractivity contribution in [2.75, 3.05) is 31.4 Å². The lowest BCUT2D eigenvalue weighted by Crippen LogP contribution is -2.15. The number of benzene rings is 2. The van der Waals surface area contributed by atoms with E-state index in [1.165, 1.54) is 45.9 Å². The summed E-state index contributed by atoms with van der Waals surface area (Å²) in [5.74, 6) is 0.494. The van der Waals surface area contributed by atoms with Gasteiger partial charge in [-0.05, 0) is 12.1 Å². The summed E-state index contributed by atoms with van der Waals surface area (Å²) in [6, 6.07) is 8.15. The van der Waals surface area contributed by atoms with E-state index in [4.69, 9.17) is 23.2 Å². The van der Waals surface area contributed by atoms with Gasteiger partial charge in [-0.2, -0.15) is 0 Å². The number of hydrogen-bond donors (Lipinski definition) is 2. The van der Waals surface area contributed by atoms with Crippen molar-refractivity contribution in [3.63, 3.8) is 0 Å². The van der Waals surface area contributed by atoms with Crippen LogP contribution in [-0.4, -0.2) is 39.9 Å². The fraction of sp³-hybridized carbons (Fsp3) is 0.158. The third kappa shape index (κ3) is 3.80. The molecule has 11 nitrogen and oxygen atoms in total. The van der Waals surface area contributed by atoms with Gasteiger partial charge < -0.3 is 28.5 Å². The van der Waals surface area contributed by atoms with E-state index in [0.29, 0.717) is 16.8 Å². The summed E-state index contributed by atoms with van der Waals surface area (Å²) in [5.41, 5.74) is 0.821. The van der Waals surface area contributed by atoms with Gasteiger partial charge in [-0.25, -0.2) is 13.4 Å². The molecule has 162 valence electrons. The van der Waals surface area contributed by atoms with Crippen LogP contribution in [0.25, 0.3) is 11.0 Å². The second-order valence-corrected chi connectivity index (χ2v) is 7.76. The molecule has 2 heterocycles. The maximum absolute atomic E-state index is 13.2. The summed E-state index contributed by atoms with van der Waals surface area (Å²) >= 11 is 0. The van der Waals surface area contributed by atoms with Crippen LogP contribution in [-0.2, 0) is 10.0 Å². The molecular formula is C19H18N4O7S. The molecule has 0 aliphatic carbocycles. The number of aromatic nitrogens is 2. The molecule has 0 aliphatic heterocycles. The molecule has 2 N–H and O–H groups in total. The van der Waals surface area contributed by atoms with Gasteiger partial charge in [0.1, 0.15) is 28.9 Å². The van der Waals surface area contributed by atoms with Crippen LogP contribution in [0, 0.1) is 0 Å². The number of hydrogen-bond acceptors (Lipinski definition) is 10. The van der Waals surface area contributed by atoms with Gasteiger partial charge in [0.05, 0.1) is 27.5 Å². The van der Waals surface area contributed by atoms with Gasteiger partial charge in [0, 0.05) is 17.8 Å². The summed E-state index contributed by atoms with van der Waals surface area (Å²) < 4.78 is 55.1. The van der Waals surface area contributed by atoms with Gasteiger partial charge in [-0.15, -0.1) is 0 Å². The van der Waals surface area contributed by atoms with Gasteiger partial charge in [-0.1, -0.05) is 11.2 Å². The molecule has 0 unspecified atom stereocenters. The first-order chi connectivity index (χ1) is 15.0. The lowest BCUT2D eigenvalue weighted by atomic mass is 10.2. The molecule has 12 heteroatoms. The van der Waals surface area contributed by atoms with Crippen molar-refractivity contribution in [2.45, 2.75) is 4.90 Å². The van der Waals surface area contributed by atoms with Gasteiger partial charge in [-0.3, -0.25) is 4.72 Å². The van der Waals surface area contributed by atoms with Crippen molar-refractivity contribution in [1.29, 1.82) is 0 Å². The molecule has 0 bridgehead atoms. The van der Waals surface area contributed by atoms with Crippen LogP contribution in [0.3, 0.4) is 0 Å². The summed E-state index contributed by atoms with van der Waals surface area (Å²) in [6.45, 7) is 0. The topological polar surface area (TPSA) is 138 Å². The Hall–Kier alpha value is -3.93. The number of nitrogens with one attached hydrogen (secondary N) is 2. The highest BCUT2D eigenvalue weighted by Crippen LogP contribution is 2.39. The van der Waals surface area contributed by atoms with Crippen LogP contribution in [0.15, 0.2) is 56.6 Å². The molecule has 0 amide bonds. The predicted molar refractivity (Wildman–Crippen MR) is 111 cm³/mol. The molecule has 0 spiro atoms. The number of sulfonamides is 1. The van der Waals surface area contributed by atoms with E-state index in [0.717, 1.165) is 0 Å². The second-order valence-electron chi connectivity index (χ2n) is 6.14. The van der Waals surface area contributed by atoms with E-state index in [9.17, 15) is 8.42 Å². The molecule has 0 fully saturated rings. The number of fused-ring (bicyclic) bond motifs is 1. The average molecular weight is 446 g/mol. The summed E-state index contributed by atoms with van der Waals surface area (Å²) in [7, 11) is 0.0193. The van der Waals surface area contributed by atoms with Crippen LogP contribution >= 0.6 is 0 Å². The molecule has 0 radical (unpaired) electrons. The summed E-state index contributed by atoms with van der Waals surface area (Å²) in [6.07, 6.45) is 2.91. The number of rotatable bonds is 8. The van der Waals surface area contributed by atoms with Crippen LogP contribution in [0.5, 0.6) is 17.2 Å². The van der Waals surface area contributed by atoms with Crippen LogP contribution < -0.4 is 24.2 Å². The highest BCUT2D eigenvalue weighted by atomic mass is 32.2. The van der Waals surface area contributed by atoms with Crippen molar-refractivity contribution in [1.82, 2.24) is 10.1 Å². The largest absolute Gasteiger partial charge is 0.496 e. The Morgan fingerprint density at radius 3 is 2.32 bits per heavy atom. The molecule has 31 heavy (non-hydrogen) atoms. The smallest absolute Gasteiger partial charge is 0.299 e. The van der Waals surface area contributed by atoms with E-state index in [2.05, 4.69) is 20.2 Å². The normalized spacial score (nSPS) is 11.3. The lowest BCUT2D eigenvalue weighted by Gasteiger charge is -2.14. The second kappa shape index (κ2) is 8.07. The molecule has 0 aliphatic rings. The summed E-state index contributed by atoms with van der Waals surface area (Å²) in [4.78, 5) is 3.82. The minimum absolute atomic E-state index is 0.0533.